The summed E-state index contributed by atoms with van der Waals surface area (Å²) in [5, 5.41) is 11.2. The number of nitro benzene ring substituents is 1. The summed E-state index contributed by atoms with van der Waals surface area (Å²) in [7, 11) is 0. The Morgan fingerprint density at radius 1 is 0.613 bits per heavy atom. The molecular formula is C28H21NO2. The number of nitro groups is 1. The first-order valence-electron chi connectivity index (χ1n) is 10.8. The number of fused-ring (bicyclic) bond motifs is 7. The standard InChI is InChI=1S/C28H21NO2/c30-29(31)21-13-9-20(10-14-21)26-17-27-22-7-3-1-5-18(22)11-16-25(27)28-23-8-4-2-6-19(23)12-15-24(26)28/h1-10,13-14,17H,11-12,15-16H2. The molecule has 0 spiro atoms. The van der Waals surface area contributed by atoms with Gasteiger partial charge in [0.15, 0.2) is 0 Å². The van der Waals surface area contributed by atoms with Crippen LogP contribution in [0, 0.1) is 10.1 Å². The van der Waals surface area contributed by atoms with Gasteiger partial charge in [-0.25, -0.2) is 0 Å². The Hall–Kier alpha value is -3.72. The number of nitrogens with zero attached hydrogens (tertiary/aromatic N) is 1. The molecule has 0 saturated heterocycles. The van der Waals surface area contributed by atoms with Gasteiger partial charge >= 0.3 is 0 Å². The minimum absolute atomic E-state index is 0.131. The molecule has 2 aliphatic rings. The van der Waals surface area contributed by atoms with E-state index in [9.17, 15) is 10.1 Å². The zero-order chi connectivity index (χ0) is 20.9. The highest BCUT2D eigenvalue weighted by molar-refractivity contribution is 5.92. The van der Waals surface area contributed by atoms with Crippen molar-refractivity contribution < 1.29 is 4.92 Å². The Balaban J connectivity index is 1.66. The van der Waals surface area contributed by atoms with Crippen molar-refractivity contribution in [1.82, 2.24) is 0 Å². The average Bonchev–Trinajstić information content (AvgIpc) is 2.83. The first-order valence-corrected chi connectivity index (χ1v) is 10.8. The number of hydrogen-bond acceptors (Lipinski definition) is 2. The van der Waals surface area contributed by atoms with Gasteiger partial charge in [-0.15, -0.1) is 0 Å². The zero-order valence-electron chi connectivity index (χ0n) is 17.1. The van der Waals surface area contributed by atoms with Crippen molar-refractivity contribution in [1.29, 1.82) is 0 Å². The van der Waals surface area contributed by atoms with Gasteiger partial charge in [-0.2, -0.15) is 0 Å². The molecule has 2 aliphatic carbocycles. The van der Waals surface area contributed by atoms with Crippen LogP contribution in [0.3, 0.4) is 0 Å². The van der Waals surface area contributed by atoms with Crippen molar-refractivity contribution in [2.24, 2.45) is 0 Å². The second-order valence-electron chi connectivity index (χ2n) is 8.42. The summed E-state index contributed by atoms with van der Waals surface area (Å²) in [6.07, 6.45) is 4.13. The minimum Gasteiger partial charge on any atom is -0.258 e. The third-order valence-corrected chi connectivity index (χ3v) is 6.81. The van der Waals surface area contributed by atoms with Crippen LogP contribution in [0.4, 0.5) is 5.69 Å². The lowest BCUT2D eigenvalue weighted by Gasteiger charge is -2.30. The third-order valence-electron chi connectivity index (χ3n) is 6.81. The van der Waals surface area contributed by atoms with E-state index in [1.807, 2.05) is 12.1 Å². The second kappa shape index (κ2) is 6.92. The van der Waals surface area contributed by atoms with E-state index in [1.165, 1.54) is 50.1 Å². The molecule has 0 fully saturated rings. The number of rotatable bonds is 2. The molecule has 31 heavy (non-hydrogen) atoms. The smallest absolute Gasteiger partial charge is 0.258 e. The SMILES string of the molecule is O=[N+]([O-])c1ccc(-c2cc3c(c4c2CCc2ccccc2-4)CCc2ccccc2-3)cc1. The molecule has 0 saturated carbocycles. The van der Waals surface area contributed by atoms with Crippen LogP contribution >= 0.6 is 0 Å². The molecule has 0 radical (unpaired) electrons. The number of aryl methyl sites for hydroxylation is 2. The molecule has 6 rings (SSSR count). The van der Waals surface area contributed by atoms with Crippen molar-refractivity contribution >= 4 is 5.69 Å². The van der Waals surface area contributed by atoms with E-state index in [-0.39, 0.29) is 10.6 Å². The number of hydrogen-bond donors (Lipinski definition) is 0. The predicted molar refractivity (Wildman–Crippen MR) is 124 cm³/mol. The Morgan fingerprint density at radius 3 is 1.87 bits per heavy atom. The molecule has 4 aromatic rings. The minimum atomic E-state index is -0.335. The lowest BCUT2D eigenvalue weighted by atomic mass is 9.73. The maximum Gasteiger partial charge on any atom is 0.269 e. The van der Waals surface area contributed by atoms with Gasteiger partial charge in [0, 0.05) is 12.1 Å². The summed E-state index contributed by atoms with van der Waals surface area (Å²) in [4.78, 5) is 10.8. The Kier molecular flexibility index (Phi) is 4.03. The molecule has 0 aromatic heterocycles. The van der Waals surface area contributed by atoms with Crippen LogP contribution in [-0.2, 0) is 25.7 Å². The number of benzene rings is 4. The van der Waals surface area contributed by atoms with Crippen LogP contribution in [0.25, 0.3) is 33.4 Å². The van der Waals surface area contributed by atoms with E-state index in [2.05, 4.69) is 54.6 Å². The van der Waals surface area contributed by atoms with Crippen LogP contribution in [0.5, 0.6) is 0 Å². The first-order chi connectivity index (χ1) is 15.2. The summed E-state index contributed by atoms with van der Waals surface area (Å²) in [6, 6.07) is 26.8. The summed E-state index contributed by atoms with van der Waals surface area (Å²) in [5.74, 6) is 0. The average molecular weight is 403 g/mol. The van der Waals surface area contributed by atoms with Crippen LogP contribution in [-0.4, -0.2) is 4.92 Å². The van der Waals surface area contributed by atoms with Gasteiger partial charge in [-0.05, 0) is 99.5 Å². The quantitative estimate of drug-likeness (QED) is 0.273. The fraction of sp³-hybridized carbons (Fsp3) is 0.143. The predicted octanol–water partition coefficient (Wildman–Crippen LogP) is 6.79. The summed E-state index contributed by atoms with van der Waals surface area (Å²) in [6.45, 7) is 0. The highest BCUT2D eigenvalue weighted by Crippen LogP contribution is 2.47. The van der Waals surface area contributed by atoms with Crippen molar-refractivity contribution in [2.45, 2.75) is 25.7 Å². The van der Waals surface area contributed by atoms with E-state index in [4.69, 9.17) is 0 Å². The lowest BCUT2D eigenvalue weighted by molar-refractivity contribution is -0.384. The van der Waals surface area contributed by atoms with Crippen LogP contribution < -0.4 is 0 Å². The Morgan fingerprint density at radius 2 is 1.19 bits per heavy atom. The maximum atomic E-state index is 11.2. The van der Waals surface area contributed by atoms with Crippen LogP contribution in [0.1, 0.15) is 22.3 Å². The van der Waals surface area contributed by atoms with Crippen LogP contribution in [0.2, 0.25) is 0 Å². The molecule has 0 bridgehead atoms. The molecule has 0 aliphatic heterocycles. The fourth-order valence-corrected chi connectivity index (χ4v) is 5.38. The molecule has 0 amide bonds. The zero-order valence-corrected chi connectivity index (χ0v) is 17.1. The van der Waals surface area contributed by atoms with Crippen LogP contribution in [0.15, 0.2) is 78.9 Å². The fourth-order valence-electron chi connectivity index (χ4n) is 5.38. The Labute approximate surface area is 181 Å². The van der Waals surface area contributed by atoms with Gasteiger partial charge in [0.2, 0.25) is 0 Å². The molecule has 0 N–H and O–H groups in total. The van der Waals surface area contributed by atoms with Crippen molar-refractivity contribution in [3.8, 4) is 33.4 Å². The van der Waals surface area contributed by atoms with E-state index < -0.39 is 0 Å². The largest absolute Gasteiger partial charge is 0.269 e. The van der Waals surface area contributed by atoms with Gasteiger partial charge in [-0.1, -0.05) is 48.5 Å². The normalized spacial score (nSPS) is 13.5. The molecule has 4 aromatic carbocycles. The van der Waals surface area contributed by atoms with Crippen molar-refractivity contribution in [2.75, 3.05) is 0 Å². The molecule has 3 heteroatoms. The summed E-state index contributed by atoms with van der Waals surface area (Å²) < 4.78 is 0. The van der Waals surface area contributed by atoms with E-state index in [1.54, 1.807) is 12.1 Å². The summed E-state index contributed by atoms with van der Waals surface area (Å²) >= 11 is 0. The summed E-state index contributed by atoms with van der Waals surface area (Å²) in [5.41, 5.74) is 13.4. The van der Waals surface area contributed by atoms with E-state index in [0.29, 0.717) is 0 Å². The van der Waals surface area contributed by atoms with Crippen molar-refractivity contribution in [3.05, 3.63) is 111 Å². The molecule has 3 nitrogen and oxygen atoms in total. The van der Waals surface area contributed by atoms with E-state index in [0.717, 1.165) is 31.2 Å². The van der Waals surface area contributed by atoms with Gasteiger partial charge in [0.1, 0.15) is 0 Å². The van der Waals surface area contributed by atoms with E-state index >= 15 is 0 Å². The molecule has 0 atom stereocenters. The molecular weight excluding hydrogens is 382 g/mol. The Bertz CT molecular complexity index is 1350. The van der Waals surface area contributed by atoms with Crippen molar-refractivity contribution in [3.63, 3.8) is 0 Å². The lowest BCUT2D eigenvalue weighted by Crippen LogP contribution is -2.13. The first kappa shape index (κ1) is 18.1. The van der Waals surface area contributed by atoms with Gasteiger partial charge in [-0.3, -0.25) is 10.1 Å². The monoisotopic (exact) mass is 403 g/mol. The second-order valence-corrected chi connectivity index (χ2v) is 8.42. The maximum absolute atomic E-state index is 11.2. The molecule has 0 heterocycles. The molecule has 150 valence electrons. The van der Waals surface area contributed by atoms with Gasteiger partial charge < -0.3 is 0 Å². The molecule has 0 unspecified atom stereocenters. The third kappa shape index (κ3) is 2.81. The highest BCUT2D eigenvalue weighted by Gasteiger charge is 2.28. The topological polar surface area (TPSA) is 43.1 Å². The number of non-ortho nitro benzene ring substituents is 1. The highest BCUT2D eigenvalue weighted by atomic mass is 16.6. The van der Waals surface area contributed by atoms with Gasteiger partial charge in [0.05, 0.1) is 4.92 Å². The van der Waals surface area contributed by atoms with Gasteiger partial charge in [0.25, 0.3) is 5.69 Å².